The summed E-state index contributed by atoms with van der Waals surface area (Å²) in [5.74, 6) is -0.288. The Kier molecular flexibility index (Phi) is 3.40. The Balaban J connectivity index is 2.07. The van der Waals surface area contributed by atoms with Gasteiger partial charge in [0, 0.05) is 19.6 Å². The molecule has 0 spiro atoms. The molecule has 4 rings (SSSR count). The van der Waals surface area contributed by atoms with E-state index in [0.717, 1.165) is 32.4 Å². The van der Waals surface area contributed by atoms with E-state index in [0.29, 0.717) is 12.2 Å². The number of anilines is 1. The lowest BCUT2D eigenvalue weighted by atomic mass is 10.1. The van der Waals surface area contributed by atoms with Crippen molar-refractivity contribution >= 4 is 28.0 Å². The summed E-state index contributed by atoms with van der Waals surface area (Å²) in [7, 11) is 0. The van der Waals surface area contributed by atoms with Crippen LogP contribution in [0.4, 0.5) is 10.2 Å². The first-order valence-corrected chi connectivity index (χ1v) is 8.11. The van der Waals surface area contributed by atoms with Crippen molar-refractivity contribution < 1.29 is 8.91 Å². The Morgan fingerprint density at radius 2 is 2.04 bits per heavy atom. The molecule has 0 unspecified atom stereocenters. The first-order valence-electron chi connectivity index (χ1n) is 8.11. The number of H-pyrrole nitrogens is 1. The van der Waals surface area contributed by atoms with Crippen LogP contribution in [0.15, 0.2) is 20.2 Å². The van der Waals surface area contributed by atoms with Crippen molar-refractivity contribution in [3.05, 3.63) is 32.5 Å². The molecule has 126 valence electrons. The van der Waals surface area contributed by atoms with E-state index in [9.17, 15) is 14.0 Å². The molecular formula is C16H17FN4O3. The number of pyridine rings is 2. The van der Waals surface area contributed by atoms with E-state index < -0.39 is 16.8 Å². The molecule has 1 aliphatic rings. The third-order valence-electron chi connectivity index (χ3n) is 4.56. The lowest BCUT2D eigenvalue weighted by molar-refractivity contribution is 0.429. The third-order valence-corrected chi connectivity index (χ3v) is 4.56. The Morgan fingerprint density at radius 1 is 1.29 bits per heavy atom. The maximum Gasteiger partial charge on any atom is 0.293 e. The zero-order valence-corrected chi connectivity index (χ0v) is 13.3. The number of aryl methyl sites for hydroxylation is 1. The summed E-state index contributed by atoms with van der Waals surface area (Å²) in [6.07, 6.45) is 3.11. The molecule has 0 radical (unpaired) electrons. The zero-order valence-electron chi connectivity index (χ0n) is 13.3. The van der Waals surface area contributed by atoms with Crippen molar-refractivity contribution in [2.45, 2.75) is 32.7 Å². The second kappa shape index (κ2) is 5.47. The minimum absolute atomic E-state index is 0.0921. The molecular weight excluding hydrogens is 315 g/mol. The van der Waals surface area contributed by atoms with Crippen LogP contribution in [-0.4, -0.2) is 27.8 Å². The summed E-state index contributed by atoms with van der Waals surface area (Å²) in [6.45, 7) is 3.77. The van der Waals surface area contributed by atoms with Gasteiger partial charge in [0.05, 0.1) is 5.39 Å². The van der Waals surface area contributed by atoms with Gasteiger partial charge in [-0.2, -0.15) is 5.16 Å². The molecule has 4 heterocycles. The van der Waals surface area contributed by atoms with E-state index in [2.05, 4.69) is 10.1 Å². The van der Waals surface area contributed by atoms with E-state index >= 15 is 0 Å². The number of fused-ring (bicyclic) bond motifs is 2. The molecule has 3 aromatic rings. The third kappa shape index (κ3) is 2.05. The summed E-state index contributed by atoms with van der Waals surface area (Å²) in [6, 6.07) is 1.19. The second-order valence-corrected chi connectivity index (χ2v) is 6.00. The molecule has 1 N–H and O–H groups in total. The van der Waals surface area contributed by atoms with Crippen LogP contribution in [0.5, 0.6) is 0 Å². The number of hydrogen-bond acceptors (Lipinski definition) is 5. The van der Waals surface area contributed by atoms with Crippen molar-refractivity contribution in [2.24, 2.45) is 0 Å². The van der Waals surface area contributed by atoms with E-state index in [1.807, 2.05) is 11.8 Å². The van der Waals surface area contributed by atoms with Gasteiger partial charge in [-0.25, -0.2) is 9.37 Å². The maximum atomic E-state index is 14.6. The highest BCUT2D eigenvalue weighted by molar-refractivity contribution is 5.89. The fourth-order valence-electron chi connectivity index (χ4n) is 3.38. The average molecular weight is 332 g/mol. The summed E-state index contributed by atoms with van der Waals surface area (Å²) < 4.78 is 21.4. The number of nitrogens with zero attached hydrogens (tertiary/aromatic N) is 3. The molecule has 0 aliphatic carbocycles. The largest absolute Gasteiger partial charge is 0.360 e. The van der Waals surface area contributed by atoms with Gasteiger partial charge in [-0.3, -0.25) is 14.2 Å². The zero-order chi connectivity index (χ0) is 16.8. The Bertz CT molecular complexity index is 1040. The molecule has 0 atom stereocenters. The SMILES string of the molecule is CCn1c2nc(N3CCCCC3)c(F)cc2c(=O)c2c(=O)[nH]oc21. The van der Waals surface area contributed by atoms with Gasteiger partial charge >= 0.3 is 0 Å². The van der Waals surface area contributed by atoms with Crippen LogP contribution < -0.4 is 15.9 Å². The summed E-state index contributed by atoms with van der Waals surface area (Å²) >= 11 is 0. The molecule has 0 amide bonds. The highest BCUT2D eigenvalue weighted by Gasteiger charge is 2.22. The van der Waals surface area contributed by atoms with Gasteiger partial charge in [0.15, 0.2) is 17.0 Å². The lowest BCUT2D eigenvalue weighted by Crippen LogP contribution is -2.31. The van der Waals surface area contributed by atoms with Crippen molar-refractivity contribution in [1.82, 2.24) is 14.7 Å². The number of aromatic nitrogens is 3. The minimum atomic E-state index is -0.611. The van der Waals surface area contributed by atoms with Gasteiger partial charge < -0.3 is 9.42 Å². The first kappa shape index (κ1) is 14.9. The average Bonchev–Trinajstić information content (AvgIpc) is 2.98. The van der Waals surface area contributed by atoms with Crippen molar-refractivity contribution in [3.8, 4) is 0 Å². The summed E-state index contributed by atoms with van der Waals surface area (Å²) in [4.78, 5) is 30.7. The van der Waals surface area contributed by atoms with Gasteiger partial charge in [-0.1, -0.05) is 0 Å². The van der Waals surface area contributed by atoms with Crippen LogP contribution in [0.25, 0.3) is 22.1 Å². The van der Waals surface area contributed by atoms with Crippen LogP contribution in [0.3, 0.4) is 0 Å². The van der Waals surface area contributed by atoms with Crippen LogP contribution in [0, 0.1) is 5.82 Å². The normalized spacial score (nSPS) is 15.5. The molecule has 8 heteroatoms. The van der Waals surface area contributed by atoms with Gasteiger partial charge in [0.2, 0.25) is 11.1 Å². The standard InChI is InChI=1S/C16H17FN4O3/c1-2-21-13-9(12(22)11-15(23)19-24-16(11)21)8-10(17)14(18-13)20-6-4-3-5-7-20/h8H,2-7H2,1H3,(H,19,23). The molecule has 0 aromatic carbocycles. The number of piperidine rings is 1. The molecule has 24 heavy (non-hydrogen) atoms. The highest BCUT2D eigenvalue weighted by Crippen LogP contribution is 2.25. The predicted molar refractivity (Wildman–Crippen MR) is 88.1 cm³/mol. The molecule has 1 aliphatic heterocycles. The van der Waals surface area contributed by atoms with E-state index in [1.54, 1.807) is 4.57 Å². The number of nitrogens with one attached hydrogen (secondary N) is 1. The number of hydrogen-bond donors (Lipinski definition) is 1. The van der Waals surface area contributed by atoms with Crippen LogP contribution in [-0.2, 0) is 6.54 Å². The molecule has 3 aromatic heterocycles. The fraction of sp³-hybridized carbons (Fsp3) is 0.438. The Hall–Kier alpha value is -2.64. The van der Waals surface area contributed by atoms with Crippen molar-refractivity contribution in [1.29, 1.82) is 0 Å². The minimum Gasteiger partial charge on any atom is -0.360 e. The lowest BCUT2D eigenvalue weighted by Gasteiger charge is -2.28. The molecule has 7 nitrogen and oxygen atoms in total. The van der Waals surface area contributed by atoms with Gasteiger partial charge in [0.25, 0.3) is 5.56 Å². The van der Waals surface area contributed by atoms with Gasteiger partial charge in [0.1, 0.15) is 5.65 Å². The molecule has 0 bridgehead atoms. The van der Waals surface area contributed by atoms with E-state index in [-0.39, 0.29) is 22.3 Å². The van der Waals surface area contributed by atoms with Crippen molar-refractivity contribution in [2.75, 3.05) is 18.0 Å². The Labute approximate surface area is 135 Å². The molecule has 1 fully saturated rings. The quantitative estimate of drug-likeness (QED) is 0.776. The van der Waals surface area contributed by atoms with Crippen LogP contribution in [0.2, 0.25) is 0 Å². The highest BCUT2D eigenvalue weighted by atomic mass is 19.1. The number of aromatic amines is 1. The number of halogens is 1. The van der Waals surface area contributed by atoms with Gasteiger partial charge in [-0.05, 0) is 32.3 Å². The first-order chi connectivity index (χ1) is 11.6. The van der Waals surface area contributed by atoms with Crippen LogP contribution >= 0.6 is 0 Å². The summed E-state index contributed by atoms with van der Waals surface area (Å²) in [5, 5.41) is 2.17. The van der Waals surface area contributed by atoms with Crippen molar-refractivity contribution in [3.63, 3.8) is 0 Å². The number of rotatable bonds is 2. The second-order valence-electron chi connectivity index (χ2n) is 6.00. The monoisotopic (exact) mass is 332 g/mol. The van der Waals surface area contributed by atoms with Gasteiger partial charge in [-0.15, -0.1) is 0 Å². The smallest absolute Gasteiger partial charge is 0.293 e. The van der Waals surface area contributed by atoms with E-state index in [1.165, 1.54) is 6.07 Å². The van der Waals surface area contributed by atoms with E-state index in [4.69, 9.17) is 4.52 Å². The summed E-state index contributed by atoms with van der Waals surface area (Å²) in [5.41, 5.74) is -0.695. The van der Waals surface area contributed by atoms with Crippen LogP contribution in [0.1, 0.15) is 26.2 Å². The Morgan fingerprint density at radius 3 is 2.75 bits per heavy atom. The topological polar surface area (TPSA) is 84.1 Å². The molecule has 0 saturated carbocycles. The predicted octanol–water partition coefficient (Wildman–Crippen LogP) is 1.98. The fourth-order valence-corrected chi connectivity index (χ4v) is 3.38. The molecule has 1 saturated heterocycles. The maximum absolute atomic E-state index is 14.6.